The first-order chi connectivity index (χ1) is 8.69. The lowest BCUT2D eigenvalue weighted by molar-refractivity contribution is -0.0323. The molecule has 0 atom stereocenters. The Labute approximate surface area is 116 Å². The van der Waals surface area contributed by atoms with E-state index < -0.39 is 0 Å². The number of rotatable bonds is 6. The molecule has 1 aliphatic rings. The molecule has 0 amide bonds. The molecule has 1 fully saturated rings. The maximum absolute atomic E-state index is 2.43. The average Bonchev–Trinajstić information content (AvgIpc) is 2.43. The van der Waals surface area contributed by atoms with Crippen molar-refractivity contribution < 1.29 is 0 Å². The van der Waals surface area contributed by atoms with Crippen molar-refractivity contribution >= 4 is 0 Å². The van der Waals surface area contributed by atoms with Crippen molar-refractivity contribution in [3.05, 3.63) is 0 Å². The first-order valence-corrected chi connectivity index (χ1v) is 8.69. The second-order valence-electron chi connectivity index (χ2n) is 6.43. The summed E-state index contributed by atoms with van der Waals surface area (Å²) in [6.07, 6.45) is 8.42. The molecular weight excluding hydrogens is 216 g/mol. The van der Waals surface area contributed by atoms with Gasteiger partial charge >= 0.3 is 0 Å². The Hall–Kier alpha value is 0. The van der Waals surface area contributed by atoms with Gasteiger partial charge in [0.1, 0.15) is 0 Å². The van der Waals surface area contributed by atoms with Crippen LogP contribution in [0.2, 0.25) is 0 Å². The van der Waals surface area contributed by atoms with Gasteiger partial charge in [0, 0.05) is 0 Å². The van der Waals surface area contributed by atoms with Crippen LogP contribution in [0.25, 0.3) is 0 Å². The molecule has 0 radical (unpaired) electrons. The maximum Gasteiger partial charge on any atom is -0.0355 e. The third-order valence-corrected chi connectivity index (χ3v) is 6.13. The summed E-state index contributed by atoms with van der Waals surface area (Å²) in [4.78, 5) is 0. The van der Waals surface area contributed by atoms with Gasteiger partial charge in [-0.1, -0.05) is 80.1 Å². The summed E-state index contributed by atoms with van der Waals surface area (Å²) in [7, 11) is 0. The van der Waals surface area contributed by atoms with Gasteiger partial charge in [0.25, 0.3) is 0 Å². The van der Waals surface area contributed by atoms with E-state index in [-0.39, 0.29) is 0 Å². The van der Waals surface area contributed by atoms with Crippen LogP contribution in [0.5, 0.6) is 0 Å². The van der Waals surface area contributed by atoms with Crippen LogP contribution < -0.4 is 0 Å². The van der Waals surface area contributed by atoms with E-state index in [0.717, 1.165) is 35.5 Å². The van der Waals surface area contributed by atoms with Gasteiger partial charge in [0.2, 0.25) is 0 Å². The SMILES string of the molecule is CCC1C(CC)C(CC)C(CC)C(CC)C1CC. The zero-order valence-electron chi connectivity index (χ0n) is 13.7. The topological polar surface area (TPSA) is 0 Å². The Bertz CT molecular complexity index is 146. The van der Waals surface area contributed by atoms with Gasteiger partial charge in [-0.2, -0.15) is 0 Å². The first kappa shape index (κ1) is 16.1. The summed E-state index contributed by atoms with van der Waals surface area (Å²) in [5, 5.41) is 0. The zero-order valence-corrected chi connectivity index (χ0v) is 13.7. The molecule has 0 aromatic rings. The highest BCUT2D eigenvalue weighted by atomic mass is 14.5. The van der Waals surface area contributed by atoms with Gasteiger partial charge in [-0.15, -0.1) is 0 Å². The molecule has 0 heteroatoms. The highest BCUT2D eigenvalue weighted by molar-refractivity contribution is 4.94. The lowest BCUT2D eigenvalue weighted by Crippen LogP contribution is -2.45. The van der Waals surface area contributed by atoms with Crippen molar-refractivity contribution in [1.82, 2.24) is 0 Å². The molecule has 0 unspecified atom stereocenters. The van der Waals surface area contributed by atoms with E-state index >= 15 is 0 Å². The number of hydrogen-bond donors (Lipinski definition) is 0. The van der Waals surface area contributed by atoms with Gasteiger partial charge in [0.15, 0.2) is 0 Å². The normalized spacial score (nSPS) is 41.0. The fraction of sp³-hybridized carbons (Fsp3) is 1.00. The molecule has 108 valence electrons. The highest BCUT2D eigenvalue weighted by Crippen LogP contribution is 2.52. The van der Waals surface area contributed by atoms with E-state index in [1.807, 2.05) is 0 Å². The van der Waals surface area contributed by atoms with Crippen molar-refractivity contribution in [2.75, 3.05) is 0 Å². The summed E-state index contributed by atoms with van der Waals surface area (Å²) in [6.45, 7) is 14.6. The van der Waals surface area contributed by atoms with Crippen LogP contribution in [0.15, 0.2) is 0 Å². The average molecular weight is 252 g/mol. The predicted molar refractivity (Wildman–Crippen MR) is 82.7 cm³/mol. The van der Waals surface area contributed by atoms with Crippen LogP contribution in [0, 0.1) is 35.5 Å². The van der Waals surface area contributed by atoms with Crippen molar-refractivity contribution in [2.45, 2.75) is 80.1 Å². The van der Waals surface area contributed by atoms with Crippen molar-refractivity contribution in [2.24, 2.45) is 35.5 Å². The van der Waals surface area contributed by atoms with E-state index in [9.17, 15) is 0 Å². The lowest BCUT2D eigenvalue weighted by Gasteiger charge is -2.52. The zero-order chi connectivity index (χ0) is 13.7. The molecule has 0 aliphatic heterocycles. The molecular formula is C18H36. The Morgan fingerprint density at radius 3 is 0.500 bits per heavy atom. The quantitative estimate of drug-likeness (QED) is 0.531. The Morgan fingerprint density at radius 2 is 0.444 bits per heavy atom. The minimum atomic E-state index is 0.998. The molecule has 1 rings (SSSR count). The van der Waals surface area contributed by atoms with E-state index in [1.54, 1.807) is 0 Å². The third kappa shape index (κ3) is 2.78. The van der Waals surface area contributed by atoms with E-state index in [4.69, 9.17) is 0 Å². The lowest BCUT2D eigenvalue weighted by atomic mass is 9.53. The minimum Gasteiger partial charge on any atom is -0.0651 e. The summed E-state index contributed by atoms with van der Waals surface area (Å²) in [5.41, 5.74) is 0. The smallest absolute Gasteiger partial charge is 0.0355 e. The summed E-state index contributed by atoms with van der Waals surface area (Å²) in [5.74, 6) is 5.99. The third-order valence-electron chi connectivity index (χ3n) is 6.13. The minimum absolute atomic E-state index is 0.998. The summed E-state index contributed by atoms with van der Waals surface area (Å²) >= 11 is 0. The van der Waals surface area contributed by atoms with Crippen molar-refractivity contribution in [1.29, 1.82) is 0 Å². The van der Waals surface area contributed by atoms with Crippen LogP contribution in [0.1, 0.15) is 80.1 Å². The van der Waals surface area contributed by atoms with Gasteiger partial charge in [-0.3, -0.25) is 0 Å². The molecule has 0 aromatic heterocycles. The van der Waals surface area contributed by atoms with Gasteiger partial charge in [0.05, 0.1) is 0 Å². The van der Waals surface area contributed by atoms with Gasteiger partial charge < -0.3 is 0 Å². The fourth-order valence-corrected chi connectivity index (χ4v) is 5.54. The van der Waals surface area contributed by atoms with Crippen LogP contribution in [-0.2, 0) is 0 Å². The largest absolute Gasteiger partial charge is 0.0651 e. The molecule has 1 saturated carbocycles. The fourth-order valence-electron chi connectivity index (χ4n) is 5.54. The highest BCUT2D eigenvalue weighted by Gasteiger charge is 2.45. The Kier molecular flexibility index (Phi) is 6.74. The second-order valence-corrected chi connectivity index (χ2v) is 6.43. The van der Waals surface area contributed by atoms with Crippen LogP contribution in [0.4, 0.5) is 0 Å². The van der Waals surface area contributed by atoms with Crippen LogP contribution in [0.3, 0.4) is 0 Å². The molecule has 0 nitrogen and oxygen atoms in total. The van der Waals surface area contributed by atoms with Crippen molar-refractivity contribution in [3.63, 3.8) is 0 Å². The first-order valence-electron chi connectivity index (χ1n) is 8.69. The van der Waals surface area contributed by atoms with E-state index in [1.165, 1.54) is 38.5 Å². The molecule has 0 aromatic carbocycles. The molecule has 0 saturated heterocycles. The van der Waals surface area contributed by atoms with Crippen LogP contribution >= 0.6 is 0 Å². The Balaban J connectivity index is 3.06. The monoisotopic (exact) mass is 252 g/mol. The summed E-state index contributed by atoms with van der Waals surface area (Å²) < 4.78 is 0. The standard InChI is InChI=1S/C18H36/c1-7-13-14(8-2)16(10-4)18(12-6)17(11-5)15(13)9-3/h13-18H,7-12H2,1-6H3. The summed E-state index contributed by atoms with van der Waals surface area (Å²) in [6, 6.07) is 0. The molecule has 0 spiro atoms. The molecule has 1 aliphatic carbocycles. The molecule has 0 bridgehead atoms. The predicted octanol–water partition coefficient (Wildman–Crippen LogP) is 6.16. The second kappa shape index (κ2) is 7.56. The van der Waals surface area contributed by atoms with Gasteiger partial charge in [-0.25, -0.2) is 0 Å². The molecule has 18 heavy (non-hydrogen) atoms. The van der Waals surface area contributed by atoms with Crippen LogP contribution in [-0.4, -0.2) is 0 Å². The maximum atomic E-state index is 2.43. The molecule has 0 N–H and O–H groups in total. The molecule has 0 heterocycles. The van der Waals surface area contributed by atoms with Crippen molar-refractivity contribution in [3.8, 4) is 0 Å². The van der Waals surface area contributed by atoms with E-state index in [0.29, 0.717) is 0 Å². The van der Waals surface area contributed by atoms with E-state index in [2.05, 4.69) is 41.5 Å². The number of hydrogen-bond acceptors (Lipinski definition) is 0. The van der Waals surface area contributed by atoms with Gasteiger partial charge in [-0.05, 0) is 35.5 Å². The Morgan fingerprint density at radius 1 is 0.333 bits per heavy atom.